The second-order valence-corrected chi connectivity index (χ2v) is 7.20. The van der Waals surface area contributed by atoms with E-state index < -0.39 is 12.1 Å². The van der Waals surface area contributed by atoms with Crippen LogP contribution in [-0.2, 0) is 16.0 Å². The highest BCUT2D eigenvalue weighted by molar-refractivity contribution is 5.92. The van der Waals surface area contributed by atoms with Crippen molar-refractivity contribution in [2.75, 3.05) is 13.1 Å². The quantitative estimate of drug-likeness (QED) is 0.748. The third-order valence-electron chi connectivity index (χ3n) is 5.15. The van der Waals surface area contributed by atoms with E-state index in [1.807, 2.05) is 12.1 Å². The molecule has 0 saturated carbocycles. The van der Waals surface area contributed by atoms with Crippen molar-refractivity contribution in [1.82, 2.24) is 4.90 Å². The number of benzene rings is 2. The molecule has 5 nitrogen and oxygen atoms in total. The first-order chi connectivity index (χ1) is 13.6. The van der Waals surface area contributed by atoms with Crippen molar-refractivity contribution < 1.29 is 14.3 Å². The fourth-order valence-electron chi connectivity index (χ4n) is 3.56. The smallest absolute Gasteiger partial charge is 0.338 e. The third kappa shape index (κ3) is 4.98. The van der Waals surface area contributed by atoms with Gasteiger partial charge in [-0.3, -0.25) is 4.79 Å². The van der Waals surface area contributed by atoms with Gasteiger partial charge in [0, 0.05) is 13.1 Å². The minimum absolute atomic E-state index is 0.164. The molecule has 1 fully saturated rings. The largest absolute Gasteiger partial charge is 0.449 e. The van der Waals surface area contributed by atoms with Crippen LogP contribution in [-0.4, -0.2) is 36.0 Å². The first-order valence-electron chi connectivity index (χ1n) is 9.60. The van der Waals surface area contributed by atoms with Crippen molar-refractivity contribution in [3.63, 3.8) is 0 Å². The van der Waals surface area contributed by atoms with E-state index in [1.54, 1.807) is 30.0 Å². The van der Waals surface area contributed by atoms with Gasteiger partial charge in [0.15, 0.2) is 6.10 Å². The monoisotopic (exact) mass is 376 g/mol. The van der Waals surface area contributed by atoms with Gasteiger partial charge >= 0.3 is 5.97 Å². The molecule has 0 bridgehead atoms. The Kier molecular flexibility index (Phi) is 6.44. The number of ether oxygens (including phenoxy) is 1. The number of hydrogen-bond acceptors (Lipinski definition) is 4. The molecule has 1 amide bonds. The molecule has 5 heteroatoms. The standard InChI is InChI=1S/C23H24N2O3/c1-17(28-23(27)21-9-5-8-20(15-21)16-24)22(26)25-12-10-19(11-13-25)14-18-6-3-2-4-7-18/h2-9,15,17,19H,10-14H2,1H3. The van der Waals surface area contributed by atoms with Gasteiger partial charge in [-0.05, 0) is 55.9 Å². The number of rotatable bonds is 5. The lowest BCUT2D eigenvalue weighted by molar-refractivity contribution is -0.141. The molecule has 0 spiro atoms. The van der Waals surface area contributed by atoms with E-state index in [1.165, 1.54) is 11.6 Å². The minimum atomic E-state index is -0.844. The molecule has 0 aliphatic carbocycles. The van der Waals surface area contributed by atoms with Gasteiger partial charge < -0.3 is 9.64 Å². The highest BCUT2D eigenvalue weighted by atomic mass is 16.5. The Balaban J connectivity index is 1.50. The summed E-state index contributed by atoms with van der Waals surface area (Å²) in [5.41, 5.74) is 1.99. The van der Waals surface area contributed by atoms with Gasteiger partial charge in [0.25, 0.3) is 5.91 Å². The minimum Gasteiger partial charge on any atom is -0.449 e. The second kappa shape index (κ2) is 9.18. The van der Waals surface area contributed by atoms with E-state index in [9.17, 15) is 9.59 Å². The summed E-state index contributed by atoms with van der Waals surface area (Å²) in [5, 5.41) is 8.94. The van der Waals surface area contributed by atoms with Crippen LogP contribution >= 0.6 is 0 Å². The molecule has 1 unspecified atom stereocenters. The van der Waals surface area contributed by atoms with Gasteiger partial charge in [-0.25, -0.2) is 4.79 Å². The zero-order chi connectivity index (χ0) is 19.9. The van der Waals surface area contributed by atoms with Crippen molar-refractivity contribution in [2.24, 2.45) is 5.92 Å². The molecule has 2 aromatic carbocycles. The fourth-order valence-corrected chi connectivity index (χ4v) is 3.56. The Morgan fingerprint density at radius 1 is 1.14 bits per heavy atom. The number of carbonyl (C=O) groups excluding carboxylic acids is 2. The topological polar surface area (TPSA) is 70.4 Å². The summed E-state index contributed by atoms with van der Waals surface area (Å²) in [4.78, 5) is 26.7. The lowest BCUT2D eigenvalue weighted by Gasteiger charge is -2.33. The summed E-state index contributed by atoms with van der Waals surface area (Å²) in [6.07, 6.45) is 2.09. The molecule has 1 aliphatic rings. The van der Waals surface area contributed by atoms with E-state index in [-0.39, 0.29) is 11.5 Å². The van der Waals surface area contributed by atoms with E-state index in [4.69, 9.17) is 10.00 Å². The fraction of sp³-hybridized carbons (Fsp3) is 0.348. The Labute approximate surface area is 165 Å². The van der Waals surface area contributed by atoms with Gasteiger partial charge in [0.2, 0.25) is 0 Å². The molecule has 1 atom stereocenters. The molecular weight excluding hydrogens is 352 g/mol. The van der Waals surface area contributed by atoms with Gasteiger partial charge in [-0.15, -0.1) is 0 Å². The summed E-state index contributed by atoms with van der Waals surface area (Å²) < 4.78 is 5.33. The van der Waals surface area contributed by atoms with Crippen LogP contribution in [0.3, 0.4) is 0 Å². The molecule has 0 N–H and O–H groups in total. The first kappa shape index (κ1) is 19.6. The average molecular weight is 376 g/mol. The number of nitrogens with zero attached hydrogens (tertiary/aromatic N) is 2. The molecule has 1 heterocycles. The molecule has 0 aromatic heterocycles. The lowest BCUT2D eigenvalue weighted by atomic mass is 9.90. The summed E-state index contributed by atoms with van der Waals surface area (Å²) in [6, 6.07) is 18.7. The second-order valence-electron chi connectivity index (χ2n) is 7.20. The molecular formula is C23H24N2O3. The molecule has 0 radical (unpaired) electrons. The number of carbonyl (C=O) groups is 2. The van der Waals surface area contributed by atoms with Crippen molar-refractivity contribution in [1.29, 1.82) is 5.26 Å². The van der Waals surface area contributed by atoms with Gasteiger partial charge in [-0.2, -0.15) is 5.26 Å². The molecule has 144 valence electrons. The normalized spacial score (nSPS) is 15.5. The predicted octanol–water partition coefficient (Wildman–Crippen LogP) is 3.58. The maximum Gasteiger partial charge on any atom is 0.338 e. The van der Waals surface area contributed by atoms with Crippen LogP contribution in [0.1, 0.15) is 41.3 Å². The Hall–Kier alpha value is -3.13. The Morgan fingerprint density at radius 3 is 2.54 bits per heavy atom. The molecule has 2 aromatic rings. The number of amides is 1. The summed E-state index contributed by atoms with van der Waals surface area (Å²) >= 11 is 0. The molecule has 28 heavy (non-hydrogen) atoms. The summed E-state index contributed by atoms with van der Waals surface area (Å²) in [6.45, 7) is 2.97. The van der Waals surface area contributed by atoms with E-state index >= 15 is 0 Å². The van der Waals surface area contributed by atoms with Crippen LogP contribution in [0.15, 0.2) is 54.6 Å². The lowest BCUT2D eigenvalue weighted by Crippen LogP contribution is -2.44. The molecule has 1 aliphatic heterocycles. The number of esters is 1. The molecule has 3 rings (SSSR count). The predicted molar refractivity (Wildman–Crippen MR) is 105 cm³/mol. The van der Waals surface area contributed by atoms with Crippen LogP contribution in [0.5, 0.6) is 0 Å². The first-order valence-corrected chi connectivity index (χ1v) is 9.60. The van der Waals surface area contributed by atoms with E-state index in [0.29, 0.717) is 24.6 Å². The van der Waals surface area contributed by atoms with Crippen molar-refractivity contribution in [2.45, 2.75) is 32.3 Å². The third-order valence-corrected chi connectivity index (χ3v) is 5.15. The number of nitriles is 1. The average Bonchev–Trinajstić information content (AvgIpc) is 2.74. The Morgan fingerprint density at radius 2 is 1.86 bits per heavy atom. The number of hydrogen-bond donors (Lipinski definition) is 0. The SMILES string of the molecule is CC(OC(=O)c1cccc(C#N)c1)C(=O)N1CCC(Cc2ccccc2)CC1. The van der Waals surface area contributed by atoms with Crippen LogP contribution in [0.25, 0.3) is 0 Å². The van der Waals surface area contributed by atoms with E-state index in [0.717, 1.165) is 19.3 Å². The summed E-state index contributed by atoms with van der Waals surface area (Å²) in [7, 11) is 0. The van der Waals surface area contributed by atoms with Gasteiger partial charge in [-0.1, -0.05) is 36.4 Å². The van der Waals surface area contributed by atoms with Crippen LogP contribution in [0.4, 0.5) is 0 Å². The number of piperidine rings is 1. The summed E-state index contributed by atoms with van der Waals surface area (Å²) in [5.74, 6) is -0.183. The van der Waals surface area contributed by atoms with Crippen molar-refractivity contribution in [3.05, 3.63) is 71.3 Å². The van der Waals surface area contributed by atoms with E-state index in [2.05, 4.69) is 24.3 Å². The maximum absolute atomic E-state index is 12.6. The zero-order valence-electron chi connectivity index (χ0n) is 16.0. The van der Waals surface area contributed by atoms with Crippen LogP contribution in [0.2, 0.25) is 0 Å². The van der Waals surface area contributed by atoms with Gasteiger partial charge in [0.05, 0.1) is 17.2 Å². The highest BCUT2D eigenvalue weighted by Crippen LogP contribution is 2.22. The maximum atomic E-state index is 12.6. The number of likely N-dealkylation sites (tertiary alicyclic amines) is 1. The van der Waals surface area contributed by atoms with Crippen molar-refractivity contribution in [3.8, 4) is 6.07 Å². The molecule has 1 saturated heterocycles. The van der Waals surface area contributed by atoms with Crippen molar-refractivity contribution >= 4 is 11.9 Å². The zero-order valence-corrected chi connectivity index (χ0v) is 16.0. The Bertz CT molecular complexity index is 865. The van der Waals surface area contributed by atoms with Gasteiger partial charge in [0.1, 0.15) is 0 Å². The highest BCUT2D eigenvalue weighted by Gasteiger charge is 2.28. The van der Waals surface area contributed by atoms with Crippen LogP contribution < -0.4 is 0 Å². The van der Waals surface area contributed by atoms with Crippen LogP contribution in [0, 0.1) is 17.2 Å².